The van der Waals surface area contributed by atoms with E-state index < -0.39 is 12.5 Å². The molecule has 2 aromatic rings. The SMILES string of the molecule is OC(Cc1nc2ccccc2s1)C(F)F. The molecule has 0 aliphatic carbocycles. The number of thiazole rings is 1. The molecule has 1 atom stereocenters. The predicted octanol–water partition coefficient (Wildman–Crippen LogP) is 2.46. The molecule has 1 aromatic heterocycles. The van der Waals surface area contributed by atoms with E-state index in [0.717, 1.165) is 10.2 Å². The molecule has 0 spiro atoms. The molecule has 0 amide bonds. The highest BCUT2D eigenvalue weighted by Gasteiger charge is 2.19. The van der Waals surface area contributed by atoms with Crippen molar-refractivity contribution in [3.63, 3.8) is 0 Å². The summed E-state index contributed by atoms with van der Waals surface area (Å²) in [5.41, 5.74) is 0.791. The first-order valence-corrected chi connectivity index (χ1v) is 5.29. The second kappa shape index (κ2) is 4.20. The van der Waals surface area contributed by atoms with Gasteiger partial charge in [0.1, 0.15) is 6.10 Å². The fraction of sp³-hybridized carbons (Fsp3) is 0.300. The van der Waals surface area contributed by atoms with Crippen LogP contribution >= 0.6 is 11.3 Å². The molecule has 15 heavy (non-hydrogen) atoms. The Labute approximate surface area is 89.2 Å². The number of nitrogens with zero attached hydrogens (tertiary/aromatic N) is 1. The van der Waals surface area contributed by atoms with Crippen molar-refractivity contribution in [3.8, 4) is 0 Å². The lowest BCUT2D eigenvalue weighted by molar-refractivity contribution is -0.00365. The van der Waals surface area contributed by atoms with Crippen molar-refractivity contribution in [2.45, 2.75) is 19.0 Å². The normalized spacial score (nSPS) is 13.6. The second-order valence-corrected chi connectivity index (χ2v) is 4.30. The van der Waals surface area contributed by atoms with Gasteiger partial charge in [-0.05, 0) is 12.1 Å². The minimum absolute atomic E-state index is 0.0863. The third-order valence-corrected chi connectivity index (χ3v) is 3.07. The number of hydrogen-bond donors (Lipinski definition) is 1. The van der Waals surface area contributed by atoms with Crippen LogP contribution < -0.4 is 0 Å². The molecule has 2 nitrogen and oxygen atoms in total. The van der Waals surface area contributed by atoms with Crippen LogP contribution in [0.5, 0.6) is 0 Å². The zero-order chi connectivity index (χ0) is 10.8. The summed E-state index contributed by atoms with van der Waals surface area (Å²) in [6.45, 7) is 0. The molecule has 0 bridgehead atoms. The Morgan fingerprint density at radius 3 is 2.73 bits per heavy atom. The van der Waals surface area contributed by atoms with Gasteiger partial charge in [0, 0.05) is 6.42 Å². The van der Waals surface area contributed by atoms with E-state index in [9.17, 15) is 8.78 Å². The van der Waals surface area contributed by atoms with Gasteiger partial charge in [0.25, 0.3) is 6.43 Å². The summed E-state index contributed by atoms with van der Waals surface area (Å²) in [5.74, 6) is 0. The number of fused-ring (bicyclic) bond motifs is 1. The van der Waals surface area contributed by atoms with Crippen LogP contribution in [0.1, 0.15) is 5.01 Å². The highest BCUT2D eigenvalue weighted by molar-refractivity contribution is 7.18. The van der Waals surface area contributed by atoms with Crippen LogP contribution in [0.2, 0.25) is 0 Å². The van der Waals surface area contributed by atoms with Crippen LogP contribution in [-0.2, 0) is 6.42 Å². The maximum Gasteiger partial charge on any atom is 0.264 e. The zero-order valence-electron chi connectivity index (χ0n) is 7.73. The summed E-state index contributed by atoms with van der Waals surface area (Å²) in [7, 11) is 0. The number of rotatable bonds is 3. The Kier molecular flexibility index (Phi) is 2.93. The molecular formula is C10H9F2NOS. The van der Waals surface area contributed by atoms with Crippen molar-refractivity contribution < 1.29 is 13.9 Å². The van der Waals surface area contributed by atoms with Crippen LogP contribution in [0, 0.1) is 0 Å². The molecule has 1 heterocycles. The molecule has 0 saturated carbocycles. The molecule has 0 radical (unpaired) electrons. The lowest BCUT2D eigenvalue weighted by Crippen LogP contribution is -2.19. The van der Waals surface area contributed by atoms with Crippen molar-refractivity contribution in [1.82, 2.24) is 4.98 Å². The van der Waals surface area contributed by atoms with Crippen molar-refractivity contribution >= 4 is 21.6 Å². The van der Waals surface area contributed by atoms with E-state index in [1.165, 1.54) is 11.3 Å². The minimum atomic E-state index is -2.71. The van der Waals surface area contributed by atoms with Crippen LogP contribution in [0.4, 0.5) is 8.78 Å². The highest BCUT2D eigenvalue weighted by atomic mass is 32.1. The summed E-state index contributed by atoms with van der Waals surface area (Å²) in [5, 5.41) is 9.57. The molecule has 0 fully saturated rings. The summed E-state index contributed by atoms with van der Waals surface area (Å²) in [6.07, 6.45) is -4.42. The molecule has 80 valence electrons. The number of benzene rings is 1. The first-order chi connectivity index (χ1) is 7.16. The van der Waals surface area contributed by atoms with Gasteiger partial charge in [0.2, 0.25) is 0 Å². The van der Waals surface area contributed by atoms with Crippen LogP contribution in [-0.4, -0.2) is 22.6 Å². The minimum Gasteiger partial charge on any atom is -0.387 e. The number of aromatic nitrogens is 1. The third kappa shape index (κ3) is 2.30. The average Bonchev–Trinajstić information content (AvgIpc) is 2.59. The van der Waals surface area contributed by atoms with Gasteiger partial charge in [-0.15, -0.1) is 11.3 Å². The number of aliphatic hydroxyl groups is 1. The molecule has 1 aromatic carbocycles. The average molecular weight is 229 g/mol. The van der Waals surface area contributed by atoms with Gasteiger partial charge in [-0.1, -0.05) is 12.1 Å². The number of halogens is 2. The monoisotopic (exact) mass is 229 g/mol. The summed E-state index contributed by atoms with van der Waals surface area (Å²) < 4.78 is 25.1. The first-order valence-electron chi connectivity index (χ1n) is 4.47. The first kappa shape index (κ1) is 10.4. The third-order valence-electron chi connectivity index (χ3n) is 2.01. The van der Waals surface area contributed by atoms with E-state index in [4.69, 9.17) is 5.11 Å². The Bertz CT molecular complexity index is 424. The van der Waals surface area contributed by atoms with E-state index in [0.29, 0.717) is 5.01 Å². The smallest absolute Gasteiger partial charge is 0.264 e. The van der Waals surface area contributed by atoms with Crippen LogP contribution in [0.3, 0.4) is 0 Å². The second-order valence-electron chi connectivity index (χ2n) is 3.18. The number of para-hydroxylation sites is 1. The Hall–Kier alpha value is -1.07. The number of aliphatic hydroxyl groups excluding tert-OH is 1. The van der Waals surface area contributed by atoms with E-state index in [2.05, 4.69) is 4.98 Å². The fourth-order valence-corrected chi connectivity index (χ4v) is 2.29. The zero-order valence-corrected chi connectivity index (χ0v) is 8.55. The lowest BCUT2D eigenvalue weighted by atomic mass is 10.3. The van der Waals surface area contributed by atoms with Gasteiger partial charge in [-0.25, -0.2) is 13.8 Å². The molecule has 2 rings (SSSR count). The summed E-state index contributed by atoms with van der Waals surface area (Å²) in [4.78, 5) is 4.16. The van der Waals surface area contributed by atoms with E-state index in [1.807, 2.05) is 24.3 Å². The molecule has 0 aliphatic rings. The van der Waals surface area contributed by atoms with Gasteiger partial charge >= 0.3 is 0 Å². The predicted molar refractivity (Wildman–Crippen MR) is 55.3 cm³/mol. The Balaban J connectivity index is 2.22. The summed E-state index contributed by atoms with van der Waals surface area (Å²) in [6, 6.07) is 7.42. The molecule has 1 unspecified atom stereocenters. The highest BCUT2D eigenvalue weighted by Crippen LogP contribution is 2.23. The van der Waals surface area contributed by atoms with Gasteiger partial charge in [0.15, 0.2) is 0 Å². The van der Waals surface area contributed by atoms with E-state index in [-0.39, 0.29) is 6.42 Å². The number of alkyl halides is 2. The van der Waals surface area contributed by atoms with Crippen LogP contribution in [0.25, 0.3) is 10.2 Å². The molecule has 0 saturated heterocycles. The summed E-state index contributed by atoms with van der Waals surface area (Å²) >= 11 is 1.34. The van der Waals surface area contributed by atoms with Gasteiger partial charge in [-0.3, -0.25) is 0 Å². The van der Waals surface area contributed by atoms with Crippen molar-refractivity contribution in [2.24, 2.45) is 0 Å². The maximum atomic E-state index is 12.1. The topological polar surface area (TPSA) is 33.1 Å². The van der Waals surface area contributed by atoms with Crippen molar-refractivity contribution in [3.05, 3.63) is 29.3 Å². The quantitative estimate of drug-likeness (QED) is 0.877. The van der Waals surface area contributed by atoms with E-state index in [1.54, 1.807) is 0 Å². The van der Waals surface area contributed by atoms with Crippen LogP contribution in [0.15, 0.2) is 24.3 Å². The number of hydrogen-bond acceptors (Lipinski definition) is 3. The fourth-order valence-electron chi connectivity index (χ4n) is 1.28. The molecular weight excluding hydrogens is 220 g/mol. The Morgan fingerprint density at radius 1 is 1.33 bits per heavy atom. The van der Waals surface area contributed by atoms with Crippen molar-refractivity contribution in [1.29, 1.82) is 0 Å². The lowest BCUT2D eigenvalue weighted by Gasteiger charge is -2.05. The maximum absolute atomic E-state index is 12.1. The van der Waals surface area contributed by atoms with Crippen molar-refractivity contribution in [2.75, 3.05) is 0 Å². The van der Waals surface area contributed by atoms with E-state index >= 15 is 0 Å². The largest absolute Gasteiger partial charge is 0.387 e. The van der Waals surface area contributed by atoms with Gasteiger partial charge in [0.05, 0.1) is 15.2 Å². The molecule has 0 aliphatic heterocycles. The standard InChI is InChI=1S/C10H9F2NOS/c11-10(12)7(14)5-9-13-6-3-1-2-4-8(6)15-9/h1-4,7,10,14H,5H2. The van der Waals surface area contributed by atoms with Gasteiger partial charge < -0.3 is 5.11 Å². The van der Waals surface area contributed by atoms with Gasteiger partial charge in [-0.2, -0.15) is 0 Å². The molecule has 1 N–H and O–H groups in total. The molecule has 5 heteroatoms. The Morgan fingerprint density at radius 2 is 2.07 bits per heavy atom.